The van der Waals surface area contributed by atoms with Crippen LogP contribution in [0.4, 0.5) is 0 Å². The Hall–Kier alpha value is -0.970. The summed E-state index contributed by atoms with van der Waals surface area (Å²) in [4.78, 5) is 12.1. The van der Waals surface area contributed by atoms with E-state index in [1.54, 1.807) is 6.07 Å². The first-order valence-electron chi connectivity index (χ1n) is 5.13. The average molecular weight is 301 g/mol. The van der Waals surface area contributed by atoms with Crippen LogP contribution in [0, 0.1) is 6.92 Å². The number of benzene rings is 1. The van der Waals surface area contributed by atoms with E-state index < -0.39 is 0 Å². The maximum absolute atomic E-state index is 11.2. The van der Waals surface area contributed by atoms with Crippen LogP contribution >= 0.6 is 35.0 Å². The lowest BCUT2D eigenvalue weighted by Gasteiger charge is -2.06. The van der Waals surface area contributed by atoms with Gasteiger partial charge in [-0.3, -0.25) is 4.79 Å². The quantitative estimate of drug-likeness (QED) is 0.686. The highest BCUT2D eigenvalue weighted by molar-refractivity contribution is 8.00. The summed E-state index contributed by atoms with van der Waals surface area (Å²) in [6.07, 6.45) is 0. The normalized spacial score (nSPS) is 14.7. The molecule has 0 aromatic heterocycles. The molecule has 1 N–H and O–H groups in total. The van der Waals surface area contributed by atoms with Crippen LogP contribution < -0.4 is 5.43 Å². The Morgan fingerprint density at radius 2 is 2.11 bits per heavy atom. The highest BCUT2D eigenvalue weighted by atomic mass is 35.5. The molecule has 0 bridgehead atoms. The van der Waals surface area contributed by atoms with Gasteiger partial charge in [0.15, 0.2) is 0 Å². The van der Waals surface area contributed by atoms with Gasteiger partial charge in [-0.25, -0.2) is 5.43 Å². The smallest absolute Gasteiger partial charge is 0.267 e. The van der Waals surface area contributed by atoms with E-state index in [0.717, 1.165) is 10.5 Å². The van der Waals surface area contributed by atoms with Crippen molar-refractivity contribution < 1.29 is 4.79 Å². The number of nitrogens with one attached hydrogen (secondary N) is 1. The number of carbonyl (C=O) groups is 1. The first-order valence-corrected chi connectivity index (χ1v) is 6.88. The molecule has 2 rings (SSSR count). The molecule has 1 heterocycles. The van der Waals surface area contributed by atoms with Crippen LogP contribution in [0.3, 0.4) is 0 Å². The summed E-state index contributed by atoms with van der Waals surface area (Å²) in [5.41, 5.74) is 4.39. The van der Waals surface area contributed by atoms with Crippen LogP contribution in [0.25, 0.3) is 0 Å². The van der Waals surface area contributed by atoms with E-state index in [1.807, 2.05) is 13.0 Å². The van der Waals surface area contributed by atoms with Crippen molar-refractivity contribution in [2.24, 2.45) is 5.10 Å². The second-order valence-electron chi connectivity index (χ2n) is 3.80. The van der Waals surface area contributed by atoms with Gasteiger partial charge >= 0.3 is 0 Å². The lowest BCUT2D eigenvalue weighted by Crippen LogP contribution is -2.12. The van der Waals surface area contributed by atoms with Crippen LogP contribution in [-0.4, -0.2) is 17.4 Å². The van der Waals surface area contributed by atoms with Crippen molar-refractivity contribution >= 4 is 46.6 Å². The van der Waals surface area contributed by atoms with Crippen LogP contribution in [0.2, 0.25) is 10.0 Å². The summed E-state index contributed by atoms with van der Waals surface area (Å²) in [5.74, 6) is 0.294. The maximum Gasteiger partial charge on any atom is 0.272 e. The molecular weight excluding hydrogens is 291 g/mol. The Kier molecular flexibility index (Phi) is 4.00. The summed E-state index contributed by atoms with van der Waals surface area (Å²) >= 11 is 13.6. The fraction of sp³-hybridized carbons (Fsp3) is 0.167. The number of halogens is 2. The summed E-state index contributed by atoms with van der Waals surface area (Å²) in [6, 6.07) is 3.64. The van der Waals surface area contributed by atoms with Gasteiger partial charge in [0.2, 0.25) is 0 Å². The van der Waals surface area contributed by atoms with Gasteiger partial charge in [-0.1, -0.05) is 29.8 Å². The topological polar surface area (TPSA) is 41.5 Å². The van der Waals surface area contributed by atoms with Gasteiger partial charge in [-0.05, 0) is 24.6 Å². The van der Waals surface area contributed by atoms with Gasteiger partial charge in [0.05, 0.1) is 16.3 Å². The van der Waals surface area contributed by atoms with E-state index in [1.165, 1.54) is 11.8 Å². The van der Waals surface area contributed by atoms with Crippen LogP contribution in [0.1, 0.15) is 5.56 Å². The molecule has 0 unspecified atom stereocenters. The summed E-state index contributed by atoms with van der Waals surface area (Å²) < 4.78 is 0. The van der Waals surface area contributed by atoms with Crippen molar-refractivity contribution in [1.82, 2.24) is 5.43 Å². The van der Waals surface area contributed by atoms with E-state index in [-0.39, 0.29) is 5.91 Å². The SMILES string of the molecule is C=C1C(=O)NN=C1CSc1cc(C)c(Cl)cc1Cl. The number of nitrogens with zero attached hydrogens (tertiary/aromatic N) is 1. The molecular formula is C12H10Cl2N2OS. The number of thioether (sulfide) groups is 1. The van der Waals surface area contributed by atoms with E-state index in [2.05, 4.69) is 17.1 Å². The van der Waals surface area contributed by atoms with Gasteiger partial charge in [-0.2, -0.15) is 5.10 Å². The molecule has 0 saturated carbocycles. The first-order chi connectivity index (χ1) is 8.49. The molecule has 0 fully saturated rings. The second kappa shape index (κ2) is 5.34. The number of hydrogen-bond acceptors (Lipinski definition) is 3. The standard InChI is InChI=1S/C12H10Cl2N2OS/c1-6-3-11(9(14)4-8(6)13)18-5-10-7(2)12(17)16-15-10/h3-4H,2,5H2,1H3,(H,16,17). The molecule has 1 aliphatic heterocycles. The number of rotatable bonds is 3. The lowest BCUT2D eigenvalue weighted by molar-refractivity contribution is -0.116. The largest absolute Gasteiger partial charge is 0.272 e. The zero-order valence-electron chi connectivity index (χ0n) is 9.59. The third-order valence-electron chi connectivity index (χ3n) is 2.49. The minimum absolute atomic E-state index is 0.246. The molecule has 18 heavy (non-hydrogen) atoms. The van der Waals surface area contributed by atoms with Crippen LogP contribution in [0.15, 0.2) is 34.3 Å². The van der Waals surface area contributed by atoms with E-state index in [0.29, 0.717) is 27.1 Å². The molecule has 1 amide bonds. The Bertz CT molecular complexity index is 569. The van der Waals surface area contributed by atoms with Gasteiger partial charge in [0, 0.05) is 15.7 Å². The minimum Gasteiger partial charge on any atom is -0.267 e. The van der Waals surface area contributed by atoms with Crippen molar-refractivity contribution in [1.29, 1.82) is 0 Å². The molecule has 0 atom stereocenters. The van der Waals surface area contributed by atoms with Gasteiger partial charge in [0.1, 0.15) is 0 Å². The highest BCUT2D eigenvalue weighted by Gasteiger charge is 2.20. The fourth-order valence-electron chi connectivity index (χ4n) is 1.39. The number of hydrazone groups is 1. The Morgan fingerprint density at radius 1 is 1.39 bits per heavy atom. The summed E-state index contributed by atoms with van der Waals surface area (Å²) in [6.45, 7) is 5.59. The fourth-order valence-corrected chi connectivity index (χ4v) is 2.93. The molecule has 0 radical (unpaired) electrons. The van der Waals surface area contributed by atoms with E-state index >= 15 is 0 Å². The Morgan fingerprint density at radius 3 is 2.72 bits per heavy atom. The Balaban J connectivity index is 2.10. The highest BCUT2D eigenvalue weighted by Crippen LogP contribution is 2.32. The summed E-state index contributed by atoms with van der Waals surface area (Å²) in [5, 5.41) is 5.15. The predicted molar refractivity (Wildman–Crippen MR) is 76.6 cm³/mol. The van der Waals surface area contributed by atoms with Gasteiger partial charge < -0.3 is 0 Å². The molecule has 94 valence electrons. The number of aryl methyl sites for hydroxylation is 1. The third kappa shape index (κ3) is 2.71. The van der Waals surface area contributed by atoms with Crippen molar-refractivity contribution in [2.45, 2.75) is 11.8 Å². The Labute approximate surface area is 119 Å². The third-order valence-corrected chi connectivity index (χ3v) is 4.39. The zero-order chi connectivity index (χ0) is 13.3. The van der Waals surface area contributed by atoms with Crippen molar-refractivity contribution in [3.05, 3.63) is 39.9 Å². The van der Waals surface area contributed by atoms with Crippen LogP contribution in [0.5, 0.6) is 0 Å². The minimum atomic E-state index is -0.246. The molecule has 3 nitrogen and oxygen atoms in total. The number of hydrogen-bond donors (Lipinski definition) is 1. The monoisotopic (exact) mass is 300 g/mol. The number of amides is 1. The molecule has 6 heteroatoms. The molecule has 0 spiro atoms. The number of carbonyl (C=O) groups excluding carboxylic acids is 1. The molecule has 1 aliphatic rings. The molecule has 0 saturated heterocycles. The van der Waals surface area contributed by atoms with Crippen molar-refractivity contribution in [2.75, 3.05) is 5.75 Å². The van der Waals surface area contributed by atoms with Crippen molar-refractivity contribution in [3.8, 4) is 0 Å². The molecule has 1 aromatic rings. The predicted octanol–water partition coefficient (Wildman–Crippen LogP) is 3.44. The van der Waals surface area contributed by atoms with Gasteiger partial charge in [-0.15, -0.1) is 11.8 Å². The maximum atomic E-state index is 11.2. The lowest BCUT2D eigenvalue weighted by atomic mass is 10.2. The second-order valence-corrected chi connectivity index (χ2v) is 5.63. The van der Waals surface area contributed by atoms with E-state index in [4.69, 9.17) is 23.2 Å². The van der Waals surface area contributed by atoms with Crippen LogP contribution in [-0.2, 0) is 4.79 Å². The van der Waals surface area contributed by atoms with Crippen molar-refractivity contribution in [3.63, 3.8) is 0 Å². The molecule has 0 aliphatic carbocycles. The molecule has 1 aromatic carbocycles. The average Bonchev–Trinajstić information content (AvgIpc) is 2.63. The van der Waals surface area contributed by atoms with Gasteiger partial charge in [0.25, 0.3) is 5.91 Å². The van der Waals surface area contributed by atoms with E-state index in [9.17, 15) is 4.79 Å². The zero-order valence-corrected chi connectivity index (χ0v) is 11.9. The summed E-state index contributed by atoms with van der Waals surface area (Å²) in [7, 11) is 0. The first kappa shape index (κ1) is 13.5.